The van der Waals surface area contributed by atoms with Crippen molar-refractivity contribution >= 4 is 50.4 Å². The number of aromatic nitrogens is 1. The van der Waals surface area contributed by atoms with Gasteiger partial charge in [0.25, 0.3) is 5.91 Å². The number of thiazole rings is 1. The average molecular weight is 335 g/mol. The van der Waals surface area contributed by atoms with Gasteiger partial charge in [0.05, 0.1) is 15.1 Å². The van der Waals surface area contributed by atoms with Crippen molar-refractivity contribution in [1.29, 1.82) is 0 Å². The van der Waals surface area contributed by atoms with Gasteiger partial charge in [-0.3, -0.25) is 4.79 Å². The Labute approximate surface area is 134 Å². The predicted octanol–water partition coefficient (Wildman–Crippen LogP) is 4.34. The second kappa shape index (κ2) is 5.97. The zero-order valence-electron chi connectivity index (χ0n) is 11.0. The van der Waals surface area contributed by atoms with Crippen molar-refractivity contribution in [1.82, 2.24) is 4.57 Å². The lowest BCUT2D eigenvalue weighted by Gasteiger charge is -2.00. The number of allylic oxidation sites excluding steroid dienone is 1. The van der Waals surface area contributed by atoms with Crippen LogP contribution in [0.2, 0.25) is 5.02 Å². The molecular weight excluding hydrogens is 324 g/mol. The molecule has 2 heterocycles. The van der Waals surface area contributed by atoms with Gasteiger partial charge in [-0.1, -0.05) is 35.1 Å². The van der Waals surface area contributed by atoms with Gasteiger partial charge in [0, 0.05) is 11.6 Å². The van der Waals surface area contributed by atoms with Crippen LogP contribution in [0.4, 0.5) is 0 Å². The lowest BCUT2D eigenvalue weighted by atomic mass is 10.3. The lowest BCUT2D eigenvalue weighted by Crippen LogP contribution is -2.15. The van der Waals surface area contributed by atoms with E-state index in [0.717, 1.165) is 10.2 Å². The van der Waals surface area contributed by atoms with E-state index in [0.29, 0.717) is 21.2 Å². The van der Waals surface area contributed by atoms with E-state index in [9.17, 15) is 4.79 Å². The molecule has 0 spiro atoms. The molecule has 106 valence electrons. The molecule has 3 rings (SSSR count). The minimum atomic E-state index is -0.222. The van der Waals surface area contributed by atoms with Gasteiger partial charge in [-0.25, -0.2) is 0 Å². The van der Waals surface area contributed by atoms with Crippen molar-refractivity contribution in [3.63, 3.8) is 0 Å². The largest absolute Gasteiger partial charge is 0.312 e. The van der Waals surface area contributed by atoms with Gasteiger partial charge in [0.1, 0.15) is 0 Å². The lowest BCUT2D eigenvalue weighted by molar-refractivity contribution is 0.100. The van der Waals surface area contributed by atoms with Crippen molar-refractivity contribution in [2.24, 2.45) is 4.99 Å². The highest BCUT2D eigenvalue weighted by Gasteiger charge is 2.09. The standard InChI is InChI=1S/C15H11ClN2OS2/c1-2-7-18-11-6-5-10(16)9-13(11)21-15(18)17-14(19)12-4-3-8-20-12/h2-6,8-9H,1,7H2. The number of carbonyl (C=O) groups excluding carboxylic acids is 1. The molecule has 0 saturated carbocycles. The summed E-state index contributed by atoms with van der Waals surface area (Å²) in [6.45, 7) is 4.36. The molecule has 1 aromatic carbocycles. The van der Waals surface area contributed by atoms with Gasteiger partial charge in [0.15, 0.2) is 4.80 Å². The molecular formula is C15H11ClN2OS2. The topological polar surface area (TPSA) is 34.4 Å². The summed E-state index contributed by atoms with van der Waals surface area (Å²) in [6, 6.07) is 9.28. The molecule has 1 amide bonds. The molecule has 0 aliphatic rings. The highest BCUT2D eigenvalue weighted by atomic mass is 35.5. The number of carbonyl (C=O) groups is 1. The molecule has 3 nitrogen and oxygen atoms in total. The quantitative estimate of drug-likeness (QED) is 0.656. The maximum Gasteiger partial charge on any atom is 0.289 e. The van der Waals surface area contributed by atoms with Crippen LogP contribution in [-0.2, 0) is 6.54 Å². The van der Waals surface area contributed by atoms with Crippen LogP contribution in [0.1, 0.15) is 9.67 Å². The zero-order chi connectivity index (χ0) is 14.8. The number of nitrogens with zero attached hydrogens (tertiary/aromatic N) is 2. The van der Waals surface area contributed by atoms with Crippen molar-refractivity contribution < 1.29 is 4.79 Å². The monoisotopic (exact) mass is 334 g/mol. The third-order valence-corrected chi connectivity index (χ3v) is 5.02. The van der Waals surface area contributed by atoms with E-state index < -0.39 is 0 Å². The summed E-state index contributed by atoms with van der Waals surface area (Å²) >= 11 is 8.87. The summed E-state index contributed by atoms with van der Waals surface area (Å²) < 4.78 is 2.97. The zero-order valence-corrected chi connectivity index (χ0v) is 13.3. The summed E-state index contributed by atoms with van der Waals surface area (Å²) in [6.07, 6.45) is 1.79. The first-order valence-electron chi connectivity index (χ1n) is 6.21. The molecule has 2 aromatic heterocycles. The van der Waals surface area contributed by atoms with E-state index in [2.05, 4.69) is 11.6 Å². The summed E-state index contributed by atoms with van der Waals surface area (Å²) in [7, 11) is 0. The average Bonchev–Trinajstić information content (AvgIpc) is 3.08. The van der Waals surface area contributed by atoms with Crippen molar-refractivity contribution in [2.75, 3.05) is 0 Å². The van der Waals surface area contributed by atoms with Crippen LogP contribution in [0.15, 0.2) is 53.4 Å². The molecule has 0 atom stereocenters. The van der Waals surface area contributed by atoms with E-state index in [1.54, 1.807) is 12.1 Å². The van der Waals surface area contributed by atoms with Crippen LogP contribution in [0.25, 0.3) is 10.2 Å². The van der Waals surface area contributed by atoms with Gasteiger partial charge in [-0.2, -0.15) is 4.99 Å². The molecule has 0 radical (unpaired) electrons. The number of thiophene rings is 1. The number of rotatable bonds is 3. The van der Waals surface area contributed by atoms with Gasteiger partial charge >= 0.3 is 0 Å². The summed E-state index contributed by atoms with van der Waals surface area (Å²) in [5, 5.41) is 2.54. The Kier molecular flexibility index (Phi) is 4.05. The molecule has 6 heteroatoms. The van der Waals surface area contributed by atoms with Crippen LogP contribution in [0.3, 0.4) is 0 Å². The second-order valence-electron chi connectivity index (χ2n) is 4.29. The van der Waals surface area contributed by atoms with Crippen LogP contribution in [0.5, 0.6) is 0 Å². The second-order valence-corrected chi connectivity index (χ2v) is 6.68. The van der Waals surface area contributed by atoms with Gasteiger partial charge < -0.3 is 4.57 Å². The Morgan fingerprint density at radius 2 is 2.29 bits per heavy atom. The Hall–Kier alpha value is -1.69. The van der Waals surface area contributed by atoms with Crippen LogP contribution < -0.4 is 4.80 Å². The third-order valence-electron chi connectivity index (χ3n) is 2.89. The molecule has 0 aliphatic carbocycles. The molecule has 0 unspecified atom stereocenters. The number of benzene rings is 1. The minimum Gasteiger partial charge on any atom is -0.312 e. The Morgan fingerprint density at radius 3 is 3.00 bits per heavy atom. The van der Waals surface area contributed by atoms with E-state index in [-0.39, 0.29) is 5.91 Å². The minimum absolute atomic E-state index is 0.222. The number of hydrogen-bond donors (Lipinski definition) is 0. The summed E-state index contributed by atoms with van der Waals surface area (Å²) in [5.74, 6) is -0.222. The summed E-state index contributed by atoms with van der Waals surface area (Å²) in [4.78, 5) is 17.7. The van der Waals surface area contributed by atoms with Crippen molar-refractivity contribution in [3.05, 3.63) is 63.1 Å². The Bertz CT molecular complexity index is 875. The van der Waals surface area contributed by atoms with Crippen LogP contribution >= 0.6 is 34.3 Å². The molecule has 0 fully saturated rings. The Morgan fingerprint density at radius 1 is 1.43 bits per heavy atom. The fraction of sp³-hybridized carbons (Fsp3) is 0.0667. The molecule has 0 aliphatic heterocycles. The van der Waals surface area contributed by atoms with Gasteiger partial charge in [0.2, 0.25) is 0 Å². The molecule has 0 saturated heterocycles. The maximum absolute atomic E-state index is 12.2. The van der Waals surface area contributed by atoms with Crippen LogP contribution in [-0.4, -0.2) is 10.5 Å². The molecule has 3 aromatic rings. The van der Waals surface area contributed by atoms with Crippen LogP contribution in [0, 0.1) is 0 Å². The molecule has 0 N–H and O–H groups in total. The smallest absolute Gasteiger partial charge is 0.289 e. The first-order valence-corrected chi connectivity index (χ1v) is 8.29. The number of amides is 1. The van der Waals surface area contributed by atoms with Crippen molar-refractivity contribution in [3.8, 4) is 0 Å². The van der Waals surface area contributed by atoms with Gasteiger partial charge in [-0.05, 0) is 29.6 Å². The number of halogens is 1. The summed E-state index contributed by atoms with van der Waals surface area (Å²) in [5.41, 5.74) is 1.00. The molecule has 21 heavy (non-hydrogen) atoms. The van der Waals surface area contributed by atoms with Crippen molar-refractivity contribution in [2.45, 2.75) is 6.54 Å². The fourth-order valence-electron chi connectivity index (χ4n) is 1.98. The highest BCUT2D eigenvalue weighted by Crippen LogP contribution is 2.22. The SMILES string of the molecule is C=CCn1c(=NC(=O)c2cccs2)sc2cc(Cl)ccc21. The first kappa shape index (κ1) is 14.3. The van der Waals surface area contributed by atoms with Gasteiger partial charge in [-0.15, -0.1) is 17.9 Å². The number of fused-ring (bicyclic) bond motifs is 1. The number of hydrogen-bond acceptors (Lipinski definition) is 3. The Balaban J connectivity index is 2.19. The van der Waals surface area contributed by atoms with E-state index in [4.69, 9.17) is 11.6 Å². The van der Waals surface area contributed by atoms with E-state index in [1.807, 2.05) is 34.2 Å². The highest BCUT2D eigenvalue weighted by molar-refractivity contribution is 7.16. The van der Waals surface area contributed by atoms with E-state index >= 15 is 0 Å². The molecule has 0 bridgehead atoms. The maximum atomic E-state index is 12.2. The normalized spacial score (nSPS) is 12.0. The van der Waals surface area contributed by atoms with E-state index in [1.165, 1.54) is 22.7 Å². The predicted molar refractivity (Wildman–Crippen MR) is 89.2 cm³/mol. The first-order chi connectivity index (χ1) is 10.2. The fourth-order valence-corrected chi connectivity index (χ4v) is 3.90. The third kappa shape index (κ3) is 2.85.